The lowest BCUT2D eigenvalue weighted by atomic mass is 10.0. The van der Waals surface area contributed by atoms with E-state index < -0.39 is 0 Å². The number of piperazine rings is 1. The summed E-state index contributed by atoms with van der Waals surface area (Å²) in [6.45, 7) is 7.04. The SMILES string of the molecule is Cc1cc(NC(=O)CN2CCN(C(=O)CCC3CCNC3)CC2)no1.Cl.Cl. The largest absolute Gasteiger partial charge is 0.360 e. The Bertz CT molecular complexity index is 599. The van der Waals surface area contributed by atoms with Crippen molar-refractivity contribution in [3.8, 4) is 0 Å². The number of carbonyl (C=O) groups excluding carboxylic acids is 2. The molecule has 3 heterocycles. The molecule has 0 radical (unpaired) electrons. The Balaban J connectivity index is 0.00000182. The van der Waals surface area contributed by atoms with Crippen LogP contribution in [0, 0.1) is 12.8 Å². The molecule has 0 spiro atoms. The van der Waals surface area contributed by atoms with Crippen LogP contribution in [-0.2, 0) is 9.59 Å². The molecule has 27 heavy (non-hydrogen) atoms. The molecule has 0 aromatic carbocycles. The number of aryl methyl sites for hydroxylation is 1. The van der Waals surface area contributed by atoms with Gasteiger partial charge >= 0.3 is 0 Å². The maximum absolute atomic E-state index is 12.3. The van der Waals surface area contributed by atoms with E-state index in [4.69, 9.17) is 4.52 Å². The maximum atomic E-state index is 12.3. The summed E-state index contributed by atoms with van der Waals surface area (Å²) in [5, 5.41) is 9.82. The maximum Gasteiger partial charge on any atom is 0.239 e. The fourth-order valence-electron chi connectivity index (χ4n) is 3.41. The van der Waals surface area contributed by atoms with E-state index in [2.05, 4.69) is 20.7 Å². The van der Waals surface area contributed by atoms with Crippen LogP contribution in [0.5, 0.6) is 0 Å². The van der Waals surface area contributed by atoms with Crippen LogP contribution in [0.1, 0.15) is 25.0 Å². The number of anilines is 1. The second-order valence-corrected chi connectivity index (χ2v) is 6.93. The van der Waals surface area contributed by atoms with Gasteiger partial charge in [0, 0.05) is 38.7 Å². The molecule has 2 N–H and O–H groups in total. The Labute approximate surface area is 172 Å². The van der Waals surface area contributed by atoms with Gasteiger partial charge in [-0.1, -0.05) is 5.16 Å². The molecule has 1 unspecified atom stereocenters. The highest BCUT2D eigenvalue weighted by molar-refractivity contribution is 5.91. The van der Waals surface area contributed by atoms with Gasteiger partial charge in [-0.15, -0.1) is 24.8 Å². The van der Waals surface area contributed by atoms with Gasteiger partial charge < -0.3 is 20.1 Å². The van der Waals surface area contributed by atoms with Gasteiger partial charge in [-0.05, 0) is 38.8 Å². The second-order valence-electron chi connectivity index (χ2n) is 6.93. The van der Waals surface area contributed by atoms with Crippen molar-refractivity contribution in [1.29, 1.82) is 0 Å². The van der Waals surface area contributed by atoms with Crippen molar-refractivity contribution >= 4 is 42.4 Å². The first-order valence-corrected chi connectivity index (χ1v) is 9.04. The van der Waals surface area contributed by atoms with Crippen molar-refractivity contribution < 1.29 is 14.1 Å². The van der Waals surface area contributed by atoms with Crippen LogP contribution in [0.3, 0.4) is 0 Å². The highest BCUT2D eigenvalue weighted by Crippen LogP contribution is 2.16. The molecule has 2 saturated heterocycles. The third-order valence-corrected chi connectivity index (χ3v) is 4.92. The Morgan fingerprint density at radius 1 is 1.30 bits per heavy atom. The van der Waals surface area contributed by atoms with Gasteiger partial charge in [0.15, 0.2) is 5.82 Å². The van der Waals surface area contributed by atoms with Crippen molar-refractivity contribution in [1.82, 2.24) is 20.3 Å². The molecule has 8 nitrogen and oxygen atoms in total. The zero-order chi connectivity index (χ0) is 17.6. The summed E-state index contributed by atoms with van der Waals surface area (Å²) in [6.07, 6.45) is 2.80. The standard InChI is InChI=1S/C17H27N5O3.2ClH/c1-13-10-15(20-25-13)19-16(23)12-21-6-8-22(9-7-21)17(24)3-2-14-4-5-18-11-14;;/h10,14,18H,2-9,11-12H2,1H3,(H,19,20,23);2*1H. The summed E-state index contributed by atoms with van der Waals surface area (Å²) in [4.78, 5) is 28.3. The highest BCUT2D eigenvalue weighted by Gasteiger charge is 2.24. The molecule has 0 saturated carbocycles. The van der Waals surface area contributed by atoms with Crippen LogP contribution in [0.25, 0.3) is 0 Å². The van der Waals surface area contributed by atoms with E-state index >= 15 is 0 Å². The number of nitrogens with zero attached hydrogens (tertiary/aromatic N) is 3. The molecule has 2 aliphatic heterocycles. The van der Waals surface area contributed by atoms with Crippen molar-refractivity contribution in [3.63, 3.8) is 0 Å². The van der Waals surface area contributed by atoms with Gasteiger partial charge in [0.1, 0.15) is 5.76 Å². The molecule has 2 aliphatic rings. The first-order valence-electron chi connectivity index (χ1n) is 9.04. The minimum atomic E-state index is -0.109. The third kappa shape index (κ3) is 7.29. The molecular formula is C17H29Cl2N5O3. The van der Waals surface area contributed by atoms with E-state index in [0.717, 1.165) is 32.6 Å². The fraction of sp³-hybridized carbons (Fsp3) is 0.706. The minimum absolute atomic E-state index is 0. The van der Waals surface area contributed by atoms with Crippen LogP contribution in [-0.4, -0.2) is 72.6 Å². The molecule has 1 aromatic heterocycles. The molecule has 2 amide bonds. The average Bonchev–Trinajstić information content (AvgIpc) is 3.25. The van der Waals surface area contributed by atoms with E-state index in [1.165, 1.54) is 6.42 Å². The minimum Gasteiger partial charge on any atom is -0.360 e. The zero-order valence-corrected chi connectivity index (χ0v) is 17.2. The lowest BCUT2D eigenvalue weighted by Gasteiger charge is -2.34. The van der Waals surface area contributed by atoms with Gasteiger partial charge in [0.25, 0.3) is 0 Å². The molecule has 2 fully saturated rings. The lowest BCUT2D eigenvalue weighted by molar-refractivity contribution is -0.133. The molecule has 154 valence electrons. The van der Waals surface area contributed by atoms with Crippen LogP contribution >= 0.6 is 24.8 Å². The average molecular weight is 422 g/mol. The first kappa shape index (κ1) is 23.7. The van der Waals surface area contributed by atoms with E-state index in [1.807, 2.05) is 4.90 Å². The summed E-state index contributed by atoms with van der Waals surface area (Å²) in [5.41, 5.74) is 0. The Kier molecular flexibility index (Phi) is 10.1. The summed E-state index contributed by atoms with van der Waals surface area (Å²) in [7, 11) is 0. The molecule has 0 bridgehead atoms. The molecule has 1 aromatic rings. The van der Waals surface area contributed by atoms with Crippen molar-refractivity contribution in [2.45, 2.75) is 26.2 Å². The summed E-state index contributed by atoms with van der Waals surface area (Å²) < 4.78 is 4.93. The number of nitrogens with one attached hydrogen (secondary N) is 2. The Morgan fingerprint density at radius 3 is 2.63 bits per heavy atom. The van der Waals surface area contributed by atoms with Gasteiger partial charge in [0.05, 0.1) is 6.54 Å². The smallest absolute Gasteiger partial charge is 0.239 e. The quantitative estimate of drug-likeness (QED) is 0.718. The Hall–Kier alpha value is -1.35. The van der Waals surface area contributed by atoms with E-state index in [1.54, 1.807) is 13.0 Å². The van der Waals surface area contributed by atoms with Gasteiger partial charge in [-0.2, -0.15) is 0 Å². The summed E-state index contributed by atoms with van der Waals surface area (Å²) >= 11 is 0. The first-order chi connectivity index (χ1) is 12.1. The number of rotatable bonds is 6. The second kappa shape index (κ2) is 11.5. The van der Waals surface area contributed by atoms with E-state index in [9.17, 15) is 9.59 Å². The molecule has 10 heteroatoms. The van der Waals surface area contributed by atoms with Crippen LogP contribution in [0.2, 0.25) is 0 Å². The van der Waals surface area contributed by atoms with Crippen molar-refractivity contribution in [2.75, 3.05) is 51.1 Å². The van der Waals surface area contributed by atoms with E-state index in [0.29, 0.717) is 43.6 Å². The zero-order valence-electron chi connectivity index (χ0n) is 15.6. The van der Waals surface area contributed by atoms with Crippen LogP contribution in [0.4, 0.5) is 5.82 Å². The van der Waals surface area contributed by atoms with Gasteiger partial charge in [0.2, 0.25) is 11.8 Å². The van der Waals surface area contributed by atoms with Crippen molar-refractivity contribution in [2.24, 2.45) is 5.92 Å². The molecule has 3 rings (SSSR count). The number of hydrogen-bond acceptors (Lipinski definition) is 6. The number of aromatic nitrogens is 1. The number of carbonyl (C=O) groups is 2. The molecular weight excluding hydrogens is 393 g/mol. The third-order valence-electron chi connectivity index (χ3n) is 4.92. The normalized spacial score (nSPS) is 19.9. The number of hydrogen-bond donors (Lipinski definition) is 2. The van der Waals surface area contributed by atoms with Gasteiger partial charge in [-0.25, -0.2) is 0 Å². The number of amides is 2. The highest BCUT2D eigenvalue weighted by atomic mass is 35.5. The fourth-order valence-corrected chi connectivity index (χ4v) is 3.41. The topological polar surface area (TPSA) is 90.7 Å². The van der Waals surface area contributed by atoms with Crippen LogP contribution in [0.15, 0.2) is 10.6 Å². The summed E-state index contributed by atoms with van der Waals surface area (Å²) in [6, 6.07) is 1.69. The summed E-state index contributed by atoms with van der Waals surface area (Å²) in [5.74, 6) is 1.89. The Morgan fingerprint density at radius 2 is 2.04 bits per heavy atom. The van der Waals surface area contributed by atoms with E-state index in [-0.39, 0.29) is 36.6 Å². The lowest BCUT2D eigenvalue weighted by Crippen LogP contribution is -2.50. The number of halogens is 2. The monoisotopic (exact) mass is 421 g/mol. The molecule has 0 aliphatic carbocycles. The van der Waals surface area contributed by atoms with Crippen molar-refractivity contribution in [3.05, 3.63) is 11.8 Å². The van der Waals surface area contributed by atoms with Gasteiger partial charge in [-0.3, -0.25) is 14.5 Å². The molecule has 1 atom stereocenters. The predicted octanol–water partition coefficient (Wildman–Crippen LogP) is 1.30. The van der Waals surface area contributed by atoms with Crippen LogP contribution < -0.4 is 10.6 Å². The predicted molar refractivity (Wildman–Crippen MR) is 108 cm³/mol.